The van der Waals surface area contributed by atoms with Crippen molar-refractivity contribution < 1.29 is 42.3 Å². The zero-order valence-electron chi connectivity index (χ0n) is 26.1. The smallest absolute Gasteiger partial charge is 0.456 e. The summed E-state index contributed by atoms with van der Waals surface area (Å²) < 4.78 is 41.9. The van der Waals surface area contributed by atoms with E-state index < -0.39 is 32.0 Å². The molecule has 4 aromatic carbocycles. The molecule has 1 spiro atoms. The van der Waals surface area contributed by atoms with Gasteiger partial charge in [-0.25, -0.2) is 13.8 Å². The van der Waals surface area contributed by atoms with E-state index >= 15 is 0 Å². The summed E-state index contributed by atoms with van der Waals surface area (Å²) >= 11 is 0. The van der Waals surface area contributed by atoms with E-state index in [0.717, 1.165) is 11.4 Å². The van der Waals surface area contributed by atoms with Crippen LogP contribution in [0, 0.1) is 0 Å². The predicted molar refractivity (Wildman–Crippen MR) is 173 cm³/mol. The second kappa shape index (κ2) is 12.0. The molecule has 47 heavy (non-hydrogen) atoms. The van der Waals surface area contributed by atoms with Crippen molar-refractivity contribution in [1.29, 1.82) is 0 Å². The first-order valence-electron chi connectivity index (χ1n) is 14.7. The van der Waals surface area contributed by atoms with Crippen molar-refractivity contribution in [3.8, 4) is 17.2 Å². The molecule has 11 nitrogen and oxygen atoms in total. The number of hydrogen-bond donors (Lipinski definition) is 3. The van der Waals surface area contributed by atoms with E-state index in [0.29, 0.717) is 40.2 Å². The van der Waals surface area contributed by atoms with Crippen molar-refractivity contribution in [2.45, 2.75) is 18.7 Å². The molecule has 0 atom stereocenters. The molecule has 0 bridgehead atoms. The number of rotatable bonds is 9. The number of carbonyl (C=O) groups is 2. The second-order valence-electron chi connectivity index (χ2n) is 11.7. The van der Waals surface area contributed by atoms with Crippen LogP contribution >= 0.6 is 7.82 Å². The fourth-order valence-corrected chi connectivity index (χ4v) is 6.37. The molecule has 0 radical (unpaired) electrons. The van der Waals surface area contributed by atoms with Crippen molar-refractivity contribution >= 4 is 31.1 Å². The highest BCUT2D eigenvalue weighted by molar-refractivity contribution is 7.46. The third-order valence-electron chi connectivity index (χ3n) is 8.25. The van der Waals surface area contributed by atoms with Gasteiger partial charge in [-0.05, 0) is 60.5 Å². The van der Waals surface area contributed by atoms with E-state index in [2.05, 4.69) is 9.84 Å². The molecule has 3 N–H and O–H groups in total. The number of anilines is 2. The van der Waals surface area contributed by atoms with Crippen LogP contribution in [0.2, 0.25) is 0 Å². The van der Waals surface area contributed by atoms with Crippen LogP contribution in [0.25, 0.3) is 0 Å². The van der Waals surface area contributed by atoms with Gasteiger partial charge < -0.3 is 29.1 Å². The summed E-state index contributed by atoms with van der Waals surface area (Å²) in [5.74, 6) is -0.132. The van der Waals surface area contributed by atoms with Crippen LogP contribution < -0.4 is 24.4 Å². The number of nitrogens with zero attached hydrogens (tertiary/aromatic N) is 2. The Morgan fingerprint density at radius 3 is 2.09 bits per heavy atom. The summed E-state index contributed by atoms with van der Waals surface area (Å²) in [5.41, 5.74) is 3.59. The van der Waals surface area contributed by atoms with E-state index in [1.165, 1.54) is 24.3 Å². The minimum Gasteiger partial charge on any atom is -0.456 e. The zero-order chi connectivity index (χ0) is 33.7. The Morgan fingerprint density at radius 2 is 1.51 bits per heavy atom. The van der Waals surface area contributed by atoms with Gasteiger partial charge in [0.1, 0.15) is 23.9 Å². The number of nitrogens with one attached hydrogen (secondary N) is 1. The van der Waals surface area contributed by atoms with E-state index in [1.54, 1.807) is 12.1 Å². The van der Waals surface area contributed by atoms with Crippen LogP contribution in [0.15, 0.2) is 72.8 Å². The van der Waals surface area contributed by atoms with Crippen LogP contribution in [-0.2, 0) is 28.0 Å². The maximum atomic E-state index is 13.6. The van der Waals surface area contributed by atoms with Gasteiger partial charge in [-0.3, -0.25) is 14.6 Å². The minimum atomic E-state index is -4.84. The van der Waals surface area contributed by atoms with Crippen LogP contribution in [0.5, 0.6) is 17.2 Å². The van der Waals surface area contributed by atoms with Crippen LogP contribution in [0.4, 0.5) is 15.8 Å². The Morgan fingerprint density at radius 1 is 0.894 bits per heavy atom. The van der Waals surface area contributed by atoms with Gasteiger partial charge in [0.25, 0.3) is 5.91 Å². The van der Waals surface area contributed by atoms with Gasteiger partial charge in [0.2, 0.25) is 0 Å². The van der Waals surface area contributed by atoms with Crippen molar-refractivity contribution in [2.75, 3.05) is 44.5 Å². The number of esters is 1. The van der Waals surface area contributed by atoms with Crippen LogP contribution in [0.1, 0.15) is 48.5 Å². The van der Waals surface area contributed by atoms with Crippen molar-refractivity contribution in [1.82, 2.24) is 5.32 Å². The van der Waals surface area contributed by atoms with Crippen molar-refractivity contribution in [2.24, 2.45) is 0 Å². The Hall–Kier alpha value is -4.90. The van der Waals surface area contributed by atoms with Gasteiger partial charge in [-0.2, -0.15) is 0 Å². The molecule has 4 aromatic rings. The number of phosphoric acid groups is 1. The lowest BCUT2D eigenvalue weighted by Crippen LogP contribution is -2.33. The molecule has 244 valence electrons. The summed E-state index contributed by atoms with van der Waals surface area (Å²) in [6, 6.07) is 20.6. The van der Waals surface area contributed by atoms with Gasteiger partial charge in [-0.15, -0.1) is 0 Å². The Labute approximate surface area is 270 Å². The fourth-order valence-electron chi connectivity index (χ4n) is 5.94. The molecule has 0 saturated carbocycles. The number of benzene rings is 4. The molecule has 2 aliphatic rings. The van der Waals surface area contributed by atoms with Gasteiger partial charge in [0.05, 0.1) is 5.56 Å². The molecule has 0 saturated heterocycles. The quantitative estimate of drug-likeness (QED) is 0.160. The van der Waals surface area contributed by atoms with Crippen molar-refractivity contribution in [3.05, 3.63) is 112 Å². The molecule has 0 aliphatic carbocycles. The number of fused-ring (bicyclic) bond motifs is 6. The second-order valence-corrected chi connectivity index (χ2v) is 12.9. The molecular weight excluding hydrogens is 628 g/mol. The van der Waals surface area contributed by atoms with Crippen LogP contribution in [-0.4, -0.2) is 56.4 Å². The highest BCUT2D eigenvalue weighted by atomic mass is 31.2. The number of phosphoric ester groups is 1. The zero-order valence-corrected chi connectivity index (χ0v) is 27.0. The third-order valence-corrected chi connectivity index (χ3v) is 8.69. The average Bonchev–Trinajstić information content (AvgIpc) is 3.32. The fraction of sp³-hybridized carbons (Fsp3) is 0.235. The first kappa shape index (κ1) is 32.1. The highest BCUT2D eigenvalue weighted by Crippen LogP contribution is 2.57. The van der Waals surface area contributed by atoms with Gasteiger partial charge in [-0.1, -0.05) is 12.1 Å². The van der Waals surface area contributed by atoms with E-state index in [1.807, 2.05) is 74.4 Å². The molecular formula is C34H33FN3O8P. The Kier molecular flexibility index (Phi) is 8.21. The molecule has 6 rings (SSSR count). The molecule has 13 heteroatoms. The number of alkyl halides is 1. The summed E-state index contributed by atoms with van der Waals surface area (Å²) in [4.78, 5) is 48.7. The Bertz CT molecular complexity index is 1900. The highest BCUT2D eigenvalue weighted by Gasteiger charge is 2.53. The number of halogens is 1. The maximum Gasteiger partial charge on any atom is 0.524 e. The van der Waals surface area contributed by atoms with E-state index in [-0.39, 0.29) is 29.0 Å². The minimum absolute atomic E-state index is 0.0182. The molecule has 0 fully saturated rings. The summed E-state index contributed by atoms with van der Waals surface area (Å²) in [5, 5.41) is 2.81. The molecule has 2 aliphatic heterocycles. The number of carbonyl (C=O) groups excluding carboxylic acids is 2. The number of ether oxygens (including phenoxy) is 2. The van der Waals surface area contributed by atoms with Crippen molar-refractivity contribution in [3.63, 3.8) is 0 Å². The molecule has 0 unspecified atom stereocenters. The molecule has 1 amide bonds. The topological polar surface area (TPSA) is 138 Å². The normalized spacial score (nSPS) is 14.0. The third kappa shape index (κ3) is 5.91. The summed E-state index contributed by atoms with van der Waals surface area (Å²) in [6.07, 6.45) is 0.308. The largest absolute Gasteiger partial charge is 0.524 e. The molecule has 2 heterocycles. The summed E-state index contributed by atoms with van der Waals surface area (Å²) in [6.45, 7) is -0.813. The molecule has 0 aromatic heterocycles. The predicted octanol–water partition coefficient (Wildman–Crippen LogP) is 5.30. The van der Waals surface area contributed by atoms with Gasteiger partial charge in [0, 0.05) is 86.1 Å². The monoisotopic (exact) mass is 661 g/mol. The van der Waals surface area contributed by atoms with E-state index in [9.17, 15) is 18.5 Å². The standard InChI is InChI=1S/C34H33FN3O8P/c1-37(2)23-7-10-27-30(17-23)44-31-18-24(38(3)4)8-11-28(31)34(27)26-9-6-21(16-25(26)33(40)45-34)32(39)36-14-13-20-5-12-29(22(15-20)19-35)46-47(41,42)43/h5-12,15-18H,13-14,19H2,1-4H3,(H,36,39)(H2,41,42,43). The first-order chi connectivity index (χ1) is 22.3. The lowest BCUT2D eigenvalue weighted by molar-refractivity contribution is 0.0224. The lowest BCUT2D eigenvalue weighted by atomic mass is 9.77. The SMILES string of the molecule is CN(C)c1ccc2c(c1)Oc1cc(N(C)C)ccc1C21OC(=O)c2cc(C(=O)NCCc3ccc(OP(=O)(O)O)c(CF)c3)ccc21. The lowest BCUT2D eigenvalue weighted by Gasteiger charge is -2.37. The van der Waals surface area contributed by atoms with Gasteiger partial charge >= 0.3 is 13.8 Å². The van der Waals surface area contributed by atoms with Gasteiger partial charge in [0.15, 0.2) is 5.60 Å². The number of amides is 1. The average molecular weight is 662 g/mol. The number of hydrogen-bond acceptors (Lipinski definition) is 8. The Balaban J connectivity index is 1.29. The summed E-state index contributed by atoms with van der Waals surface area (Å²) in [7, 11) is 2.87. The van der Waals surface area contributed by atoms with Crippen LogP contribution in [0.3, 0.4) is 0 Å². The van der Waals surface area contributed by atoms with E-state index in [4.69, 9.17) is 19.3 Å². The first-order valence-corrected chi connectivity index (χ1v) is 16.2. The maximum absolute atomic E-state index is 13.6.